The molecular weight excluding hydrogens is 233 g/mol. The first kappa shape index (κ1) is 13.2. The first-order chi connectivity index (χ1) is 7.45. The topological polar surface area (TPSA) is 0 Å². The summed E-state index contributed by atoms with van der Waals surface area (Å²) >= 11 is 1.32. The molecule has 1 aromatic rings. The zero-order valence-corrected chi connectivity index (χ0v) is 9.95. The highest BCUT2D eigenvalue weighted by atomic mass is 32.2. The molecule has 0 radical (unpaired) electrons. The van der Waals surface area contributed by atoms with E-state index in [9.17, 15) is 13.2 Å². The van der Waals surface area contributed by atoms with Crippen molar-refractivity contribution in [2.75, 3.05) is 0 Å². The Morgan fingerprint density at radius 2 is 2.00 bits per heavy atom. The van der Waals surface area contributed by atoms with Crippen molar-refractivity contribution in [3.8, 4) is 0 Å². The van der Waals surface area contributed by atoms with Crippen molar-refractivity contribution in [2.45, 2.75) is 31.3 Å². The van der Waals surface area contributed by atoms with E-state index >= 15 is 0 Å². The Morgan fingerprint density at radius 3 is 2.56 bits per heavy atom. The van der Waals surface area contributed by atoms with Crippen molar-refractivity contribution in [3.05, 3.63) is 40.8 Å². The first-order valence-corrected chi connectivity index (χ1v) is 5.82. The lowest BCUT2D eigenvalue weighted by atomic mass is 10.1. The second kappa shape index (κ2) is 5.43. The van der Waals surface area contributed by atoms with Crippen LogP contribution in [0, 0.1) is 6.92 Å². The lowest BCUT2D eigenvalue weighted by molar-refractivity contribution is -0.137. The summed E-state index contributed by atoms with van der Waals surface area (Å²) in [6.07, 6.45) is -1.47. The average molecular weight is 246 g/mol. The Labute approximate surface area is 97.6 Å². The van der Waals surface area contributed by atoms with Crippen LogP contribution < -0.4 is 0 Å². The highest BCUT2D eigenvalue weighted by Crippen LogP contribution is 2.33. The van der Waals surface area contributed by atoms with Crippen molar-refractivity contribution in [1.29, 1.82) is 0 Å². The SMILES string of the molecule is CC/C=C/Sc1cc(C(F)(F)F)ccc1C. The molecule has 88 valence electrons. The summed E-state index contributed by atoms with van der Waals surface area (Å²) in [7, 11) is 0. The number of halogens is 3. The van der Waals surface area contributed by atoms with Gasteiger partial charge >= 0.3 is 6.18 Å². The predicted octanol–water partition coefficient (Wildman–Crippen LogP) is 5.03. The van der Waals surface area contributed by atoms with Crippen LogP contribution >= 0.6 is 11.8 Å². The third-order valence-corrected chi connectivity index (χ3v) is 3.06. The van der Waals surface area contributed by atoms with Gasteiger partial charge in [0.15, 0.2) is 0 Å². The highest BCUT2D eigenvalue weighted by Gasteiger charge is 2.30. The number of allylic oxidation sites excluding steroid dienone is 1. The molecule has 0 spiro atoms. The number of rotatable bonds is 3. The van der Waals surface area contributed by atoms with Crippen LogP contribution in [-0.2, 0) is 6.18 Å². The zero-order valence-electron chi connectivity index (χ0n) is 9.14. The maximum atomic E-state index is 12.5. The molecule has 0 unspecified atom stereocenters. The van der Waals surface area contributed by atoms with Gasteiger partial charge in [0, 0.05) is 4.90 Å². The van der Waals surface area contributed by atoms with Gasteiger partial charge in [-0.2, -0.15) is 13.2 Å². The molecule has 0 aliphatic carbocycles. The molecule has 0 aromatic heterocycles. The van der Waals surface area contributed by atoms with Gasteiger partial charge < -0.3 is 0 Å². The molecule has 1 aromatic carbocycles. The Kier molecular flexibility index (Phi) is 4.47. The van der Waals surface area contributed by atoms with Crippen LogP contribution in [0.5, 0.6) is 0 Å². The van der Waals surface area contributed by atoms with Crippen molar-refractivity contribution < 1.29 is 13.2 Å². The number of alkyl halides is 3. The van der Waals surface area contributed by atoms with Gasteiger partial charge in [0.25, 0.3) is 0 Å². The smallest absolute Gasteiger partial charge is 0.166 e. The van der Waals surface area contributed by atoms with E-state index < -0.39 is 11.7 Å². The molecule has 0 N–H and O–H groups in total. The third-order valence-electron chi connectivity index (χ3n) is 2.04. The fourth-order valence-corrected chi connectivity index (χ4v) is 2.01. The van der Waals surface area contributed by atoms with E-state index in [1.807, 2.05) is 25.3 Å². The summed E-state index contributed by atoms with van der Waals surface area (Å²) in [5.41, 5.74) is 0.268. The van der Waals surface area contributed by atoms with E-state index in [0.717, 1.165) is 18.1 Å². The third kappa shape index (κ3) is 3.59. The van der Waals surface area contributed by atoms with E-state index in [1.165, 1.54) is 23.9 Å². The minimum atomic E-state index is -4.27. The van der Waals surface area contributed by atoms with E-state index in [4.69, 9.17) is 0 Å². The van der Waals surface area contributed by atoms with Crippen LogP contribution in [0.1, 0.15) is 24.5 Å². The second-order valence-corrected chi connectivity index (χ2v) is 4.32. The van der Waals surface area contributed by atoms with Gasteiger partial charge in [0.05, 0.1) is 5.56 Å². The number of aryl methyl sites for hydroxylation is 1. The minimum Gasteiger partial charge on any atom is -0.166 e. The fraction of sp³-hybridized carbons (Fsp3) is 0.333. The zero-order chi connectivity index (χ0) is 12.2. The van der Waals surface area contributed by atoms with Crippen molar-refractivity contribution in [1.82, 2.24) is 0 Å². The van der Waals surface area contributed by atoms with Gasteiger partial charge in [0.1, 0.15) is 0 Å². The van der Waals surface area contributed by atoms with Crippen LogP contribution in [0.2, 0.25) is 0 Å². The van der Waals surface area contributed by atoms with Crippen molar-refractivity contribution in [3.63, 3.8) is 0 Å². The van der Waals surface area contributed by atoms with Crippen LogP contribution in [0.4, 0.5) is 13.2 Å². The molecule has 0 saturated carbocycles. The number of thioether (sulfide) groups is 1. The standard InChI is InChI=1S/C12H13F3S/c1-3-4-7-16-11-8-10(12(13,14)15)6-5-9(11)2/h4-8H,3H2,1-2H3/b7-4+. The van der Waals surface area contributed by atoms with Crippen LogP contribution in [0.25, 0.3) is 0 Å². The molecule has 0 atom stereocenters. The molecule has 0 aliphatic rings. The Bertz CT molecular complexity index is 380. The van der Waals surface area contributed by atoms with Gasteiger partial charge in [-0.3, -0.25) is 0 Å². The fourth-order valence-electron chi connectivity index (χ4n) is 1.12. The highest BCUT2D eigenvalue weighted by molar-refractivity contribution is 8.02. The summed E-state index contributed by atoms with van der Waals surface area (Å²) in [5.74, 6) is 0. The molecule has 0 bridgehead atoms. The van der Waals surface area contributed by atoms with Gasteiger partial charge in [-0.1, -0.05) is 30.8 Å². The second-order valence-electron chi connectivity index (χ2n) is 3.38. The van der Waals surface area contributed by atoms with Gasteiger partial charge in [-0.05, 0) is 36.4 Å². The largest absolute Gasteiger partial charge is 0.416 e. The predicted molar refractivity (Wildman–Crippen MR) is 61.5 cm³/mol. The molecule has 0 heterocycles. The molecule has 1 rings (SSSR count). The Morgan fingerprint density at radius 1 is 1.31 bits per heavy atom. The number of benzene rings is 1. The van der Waals surface area contributed by atoms with Crippen molar-refractivity contribution in [2.24, 2.45) is 0 Å². The normalized spacial score (nSPS) is 12.3. The molecule has 0 fully saturated rings. The van der Waals surface area contributed by atoms with Crippen LogP contribution in [0.3, 0.4) is 0 Å². The molecule has 0 nitrogen and oxygen atoms in total. The van der Waals surface area contributed by atoms with Gasteiger partial charge in [-0.25, -0.2) is 0 Å². The maximum Gasteiger partial charge on any atom is 0.416 e. The number of hydrogen-bond donors (Lipinski definition) is 0. The summed E-state index contributed by atoms with van der Waals surface area (Å²) in [6, 6.07) is 3.81. The lowest BCUT2D eigenvalue weighted by Crippen LogP contribution is -2.04. The minimum absolute atomic E-state index is 0.592. The van der Waals surface area contributed by atoms with E-state index in [2.05, 4.69) is 0 Å². The molecule has 0 aliphatic heterocycles. The molecule has 4 heteroatoms. The number of hydrogen-bond acceptors (Lipinski definition) is 1. The lowest BCUT2D eigenvalue weighted by Gasteiger charge is -2.09. The molecular formula is C12H13F3S. The van der Waals surface area contributed by atoms with Crippen LogP contribution in [-0.4, -0.2) is 0 Å². The summed E-state index contributed by atoms with van der Waals surface area (Å²) in [4.78, 5) is 0.652. The molecule has 0 amide bonds. The molecule has 16 heavy (non-hydrogen) atoms. The van der Waals surface area contributed by atoms with E-state index in [1.54, 1.807) is 0 Å². The van der Waals surface area contributed by atoms with Crippen molar-refractivity contribution >= 4 is 11.8 Å². The summed E-state index contributed by atoms with van der Waals surface area (Å²) in [6.45, 7) is 3.79. The maximum absolute atomic E-state index is 12.5. The van der Waals surface area contributed by atoms with Crippen LogP contribution in [0.15, 0.2) is 34.6 Å². The Hall–Kier alpha value is -0.900. The first-order valence-electron chi connectivity index (χ1n) is 4.94. The Balaban J connectivity index is 2.95. The summed E-state index contributed by atoms with van der Waals surface area (Å²) < 4.78 is 37.4. The molecule has 0 saturated heterocycles. The van der Waals surface area contributed by atoms with E-state index in [0.29, 0.717) is 4.90 Å². The van der Waals surface area contributed by atoms with Gasteiger partial charge in [-0.15, -0.1) is 0 Å². The van der Waals surface area contributed by atoms with E-state index in [-0.39, 0.29) is 0 Å². The summed E-state index contributed by atoms with van der Waals surface area (Å²) in [5, 5.41) is 1.82. The van der Waals surface area contributed by atoms with Gasteiger partial charge in [0.2, 0.25) is 0 Å². The average Bonchev–Trinajstić information content (AvgIpc) is 2.19. The quantitative estimate of drug-likeness (QED) is 0.674. The monoisotopic (exact) mass is 246 g/mol.